The van der Waals surface area contributed by atoms with Gasteiger partial charge in [-0.15, -0.1) is 0 Å². The average Bonchev–Trinajstić information content (AvgIpc) is 2.15. The predicted molar refractivity (Wildman–Crippen MR) is 54.8 cm³/mol. The average molecular weight is 243 g/mol. The normalized spacial score (nSPS) is 9.46. The standard InChI is InChI=1S/C9H11BrN2O/c1-7(2)9(10)5-13-8-3-11-6-12-4-8/h3-4,6H,5H2,1-2H3. The smallest absolute Gasteiger partial charge is 0.156 e. The second-order valence-corrected chi connectivity index (χ2v) is 3.72. The van der Waals surface area contributed by atoms with Crippen LogP contribution in [0, 0.1) is 0 Å². The summed E-state index contributed by atoms with van der Waals surface area (Å²) in [4.78, 5) is 7.68. The van der Waals surface area contributed by atoms with E-state index in [4.69, 9.17) is 4.74 Å². The van der Waals surface area contributed by atoms with Gasteiger partial charge in [-0.1, -0.05) is 21.5 Å². The largest absolute Gasteiger partial charge is 0.485 e. The number of ether oxygens (including phenoxy) is 1. The van der Waals surface area contributed by atoms with Crippen molar-refractivity contribution in [2.24, 2.45) is 0 Å². The topological polar surface area (TPSA) is 35.0 Å². The van der Waals surface area contributed by atoms with Crippen molar-refractivity contribution in [3.05, 3.63) is 28.8 Å². The summed E-state index contributed by atoms with van der Waals surface area (Å²) in [6, 6.07) is 0. The van der Waals surface area contributed by atoms with Crippen molar-refractivity contribution in [1.29, 1.82) is 0 Å². The molecule has 13 heavy (non-hydrogen) atoms. The molecule has 0 amide bonds. The first-order valence-electron chi connectivity index (χ1n) is 3.90. The van der Waals surface area contributed by atoms with E-state index in [9.17, 15) is 0 Å². The van der Waals surface area contributed by atoms with Gasteiger partial charge in [-0.2, -0.15) is 0 Å². The Morgan fingerprint density at radius 1 is 1.38 bits per heavy atom. The van der Waals surface area contributed by atoms with Gasteiger partial charge in [0.25, 0.3) is 0 Å². The summed E-state index contributed by atoms with van der Waals surface area (Å²) in [5.41, 5.74) is 1.21. The summed E-state index contributed by atoms with van der Waals surface area (Å²) in [6.07, 6.45) is 4.75. The van der Waals surface area contributed by atoms with Gasteiger partial charge in [-0.25, -0.2) is 9.97 Å². The van der Waals surface area contributed by atoms with Crippen LogP contribution in [0.3, 0.4) is 0 Å². The second kappa shape index (κ2) is 4.97. The molecule has 0 radical (unpaired) electrons. The van der Waals surface area contributed by atoms with E-state index in [1.165, 1.54) is 11.9 Å². The molecule has 1 aromatic heterocycles. The van der Waals surface area contributed by atoms with E-state index in [1.54, 1.807) is 12.4 Å². The molecule has 0 fully saturated rings. The van der Waals surface area contributed by atoms with Crippen LogP contribution in [-0.4, -0.2) is 16.6 Å². The van der Waals surface area contributed by atoms with E-state index in [0.717, 1.165) is 4.48 Å². The molecule has 0 aliphatic heterocycles. The zero-order valence-electron chi connectivity index (χ0n) is 7.62. The first-order chi connectivity index (χ1) is 6.20. The van der Waals surface area contributed by atoms with E-state index in [-0.39, 0.29) is 0 Å². The van der Waals surface area contributed by atoms with Gasteiger partial charge in [-0.3, -0.25) is 0 Å². The Labute approximate surface area is 86.0 Å². The van der Waals surface area contributed by atoms with Crippen molar-refractivity contribution < 1.29 is 4.74 Å². The molecule has 0 aliphatic carbocycles. The van der Waals surface area contributed by atoms with Crippen molar-refractivity contribution in [3.8, 4) is 5.75 Å². The summed E-state index contributed by atoms with van der Waals surface area (Å²) < 4.78 is 6.45. The molecule has 0 bridgehead atoms. The number of aromatic nitrogens is 2. The van der Waals surface area contributed by atoms with Gasteiger partial charge in [0, 0.05) is 4.48 Å². The molecule has 0 saturated carbocycles. The predicted octanol–water partition coefficient (Wildman–Crippen LogP) is 2.54. The lowest BCUT2D eigenvalue weighted by molar-refractivity contribution is 0.356. The highest BCUT2D eigenvalue weighted by Crippen LogP contribution is 2.13. The second-order valence-electron chi connectivity index (χ2n) is 2.77. The maximum atomic E-state index is 5.40. The van der Waals surface area contributed by atoms with Crippen LogP contribution in [0.15, 0.2) is 28.8 Å². The monoisotopic (exact) mass is 242 g/mol. The van der Waals surface area contributed by atoms with Crippen molar-refractivity contribution in [2.75, 3.05) is 6.61 Å². The molecule has 70 valence electrons. The van der Waals surface area contributed by atoms with Gasteiger partial charge in [0.1, 0.15) is 12.9 Å². The Morgan fingerprint density at radius 2 is 2.00 bits per heavy atom. The molecule has 3 nitrogen and oxygen atoms in total. The molecule has 0 unspecified atom stereocenters. The van der Waals surface area contributed by atoms with E-state index in [1.807, 2.05) is 13.8 Å². The molecule has 0 spiro atoms. The van der Waals surface area contributed by atoms with Gasteiger partial charge in [0.05, 0.1) is 12.4 Å². The molecule has 1 heterocycles. The van der Waals surface area contributed by atoms with Crippen LogP contribution < -0.4 is 4.74 Å². The Hall–Kier alpha value is -0.900. The third-order valence-corrected chi connectivity index (χ3v) is 2.47. The van der Waals surface area contributed by atoms with Gasteiger partial charge >= 0.3 is 0 Å². The number of rotatable bonds is 3. The van der Waals surface area contributed by atoms with E-state index in [2.05, 4.69) is 25.9 Å². The zero-order chi connectivity index (χ0) is 9.68. The summed E-state index contributed by atoms with van der Waals surface area (Å²) in [7, 11) is 0. The number of allylic oxidation sites excluding steroid dienone is 1. The zero-order valence-corrected chi connectivity index (χ0v) is 9.21. The SMILES string of the molecule is CC(C)=C(Br)COc1cncnc1. The lowest BCUT2D eigenvalue weighted by atomic mass is 10.3. The molecule has 4 heteroatoms. The minimum absolute atomic E-state index is 0.524. The van der Waals surface area contributed by atoms with Crippen molar-refractivity contribution >= 4 is 15.9 Å². The van der Waals surface area contributed by atoms with Crippen molar-refractivity contribution in [1.82, 2.24) is 9.97 Å². The van der Waals surface area contributed by atoms with Gasteiger partial charge < -0.3 is 4.74 Å². The van der Waals surface area contributed by atoms with Crippen LogP contribution in [0.25, 0.3) is 0 Å². The van der Waals surface area contributed by atoms with Crippen molar-refractivity contribution in [2.45, 2.75) is 13.8 Å². The van der Waals surface area contributed by atoms with Crippen LogP contribution in [0.1, 0.15) is 13.8 Å². The number of hydrogen-bond acceptors (Lipinski definition) is 3. The third-order valence-electron chi connectivity index (χ3n) is 1.44. The Kier molecular flexibility index (Phi) is 3.89. The van der Waals surface area contributed by atoms with E-state index >= 15 is 0 Å². The van der Waals surface area contributed by atoms with Crippen LogP contribution in [0.4, 0.5) is 0 Å². The molecule has 0 atom stereocenters. The highest BCUT2D eigenvalue weighted by Gasteiger charge is 1.96. The van der Waals surface area contributed by atoms with Gasteiger partial charge in [-0.05, 0) is 13.8 Å². The molecule has 1 rings (SSSR count). The maximum absolute atomic E-state index is 5.40. The number of halogens is 1. The fourth-order valence-corrected chi connectivity index (χ4v) is 0.765. The quantitative estimate of drug-likeness (QED) is 0.818. The highest BCUT2D eigenvalue weighted by molar-refractivity contribution is 9.11. The molecular weight excluding hydrogens is 232 g/mol. The third kappa shape index (κ3) is 3.55. The molecular formula is C9H11BrN2O. The van der Waals surface area contributed by atoms with Crippen LogP contribution >= 0.6 is 15.9 Å². The Morgan fingerprint density at radius 3 is 2.54 bits per heavy atom. The first-order valence-corrected chi connectivity index (χ1v) is 4.69. The van der Waals surface area contributed by atoms with Gasteiger partial charge in [0.15, 0.2) is 5.75 Å². The summed E-state index contributed by atoms with van der Waals surface area (Å²) in [5, 5.41) is 0. The maximum Gasteiger partial charge on any atom is 0.156 e. The van der Waals surface area contributed by atoms with E-state index in [0.29, 0.717) is 12.4 Å². The molecule has 0 saturated heterocycles. The summed E-state index contributed by atoms with van der Waals surface area (Å²) in [5.74, 6) is 0.681. The van der Waals surface area contributed by atoms with Crippen LogP contribution in [0.2, 0.25) is 0 Å². The molecule has 1 aromatic rings. The first kappa shape index (κ1) is 10.2. The lowest BCUT2D eigenvalue weighted by Gasteiger charge is -2.04. The Bertz CT molecular complexity index is 294. The Balaban J connectivity index is 2.49. The number of nitrogens with zero attached hydrogens (tertiary/aromatic N) is 2. The summed E-state index contributed by atoms with van der Waals surface area (Å²) >= 11 is 3.41. The molecule has 0 aromatic carbocycles. The van der Waals surface area contributed by atoms with Gasteiger partial charge in [0.2, 0.25) is 0 Å². The van der Waals surface area contributed by atoms with E-state index < -0.39 is 0 Å². The molecule has 0 aliphatic rings. The summed E-state index contributed by atoms with van der Waals surface area (Å²) in [6.45, 7) is 4.57. The minimum Gasteiger partial charge on any atom is -0.485 e. The van der Waals surface area contributed by atoms with Crippen molar-refractivity contribution in [3.63, 3.8) is 0 Å². The van der Waals surface area contributed by atoms with Crippen LogP contribution in [-0.2, 0) is 0 Å². The van der Waals surface area contributed by atoms with Crippen LogP contribution in [0.5, 0.6) is 5.75 Å². The lowest BCUT2D eigenvalue weighted by Crippen LogP contribution is -1.98. The molecule has 0 N–H and O–H groups in total. The highest BCUT2D eigenvalue weighted by atomic mass is 79.9. The fourth-order valence-electron chi connectivity index (χ4n) is 0.651. The fraction of sp³-hybridized carbons (Fsp3) is 0.333. The number of hydrogen-bond donors (Lipinski definition) is 0. The minimum atomic E-state index is 0.524.